The van der Waals surface area contributed by atoms with E-state index in [4.69, 9.17) is 9.90 Å². The summed E-state index contributed by atoms with van der Waals surface area (Å²) in [7, 11) is 0. The molecule has 0 aliphatic heterocycles. The molecule has 2 aromatic rings. The van der Waals surface area contributed by atoms with Crippen molar-refractivity contribution in [3.63, 3.8) is 0 Å². The van der Waals surface area contributed by atoms with E-state index in [-0.39, 0.29) is 5.91 Å². The number of aliphatic carboxylic acids is 1. The van der Waals surface area contributed by atoms with Gasteiger partial charge in [0.25, 0.3) is 0 Å². The van der Waals surface area contributed by atoms with Gasteiger partial charge in [-0.25, -0.2) is 9.78 Å². The molecule has 1 aliphatic rings. The highest BCUT2D eigenvalue weighted by Crippen LogP contribution is 2.23. The number of rotatable bonds is 8. The van der Waals surface area contributed by atoms with E-state index in [1.165, 1.54) is 32.1 Å². The Morgan fingerprint density at radius 1 is 1.06 bits per heavy atom. The molecule has 0 spiro atoms. The Morgan fingerprint density at radius 2 is 1.71 bits per heavy atom. The predicted octanol–water partition coefficient (Wildman–Crippen LogP) is 4.85. The number of nitrogens with one attached hydrogen (secondary N) is 3. The van der Waals surface area contributed by atoms with Crippen LogP contribution in [0.15, 0.2) is 36.4 Å². The molecule has 4 N–H and O–H groups in total. The molecular formula is C23H30F3N5O3. The average molecular weight is 482 g/mol. The maximum absolute atomic E-state index is 12.0. The van der Waals surface area contributed by atoms with Crippen LogP contribution in [0.2, 0.25) is 0 Å². The molecule has 186 valence electrons. The van der Waals surface area contributed by atoms with Crippen molar-refractivity contribution in [2.75, 3.05) is 29.0 Å². The average Bonchev–Trinajstić information content (AvgIpc) is 2.78. The lowest BCUT2D eigenvalue weighted by Gasteiger charge is -2.21. The maximum atomic E-state index is 12.0. The maximum Gasteiger partial charge on any atom is 0.490 e. The number of hydrogen-bond donors (Lipinski definition) is 4. The van der Waals surface area contributed by atoms with Crippen LogP contribution in [0.1, 0.15) is 44.2 Å². The molecule has 34 heavy (non-hydrogen) atoms. The SMILES string of the molecule is Cc1cc(NCCC(=O)Nc2ccccc2)nc(NCC2CCCCC2)n1.O=C(O)C(F)(F)F. The second kappa shape index (κ2) is 13.4. The molecule has 1 saturated carbocycles. The number of anilines is 3. The number of carbonyl (C=O) groups excluding carboxylic acids is 1. The van der Waals surface area contributed by atoms with E-state index in [1.54, 1.807) is 0 Å². The summed E-state index contributed by atoms with van der Waals surface area (Å²) in [5.41, 5.74) is 1.72. The van der Waals surface area contributed by atoms with E-state index in [0.29, 0.717) is 18.9 Å². The summed E-state index contributed by atoms with van der Waals surface area (Å²) in [6.07, 6.45) is 1.91. The number of amides is 1. The van der Waals surface area contributed by atoms with Gasteiger partial charge in [-0.15, -0.1) is 0 Å². The molecule has 0 unspecified atom stereocenters. The number of nitrogens with zero attached hydrogens (tertiary/aromatic N) is 2. The van der Waals surface area contributed by atoms with Gasteiger partial charge in [0, 0.05) is 37.0 Å². The first-order valence-corrected chi connectivity index (χ1v) is 11.1. The van der Waals surface area contributed by atoms with Gasteiger partial charge in [-0.05, 0) is 37.8 Å². The molecule has 0 radical (unpaired) electrons. The fraction of sp³-hybridized carbons (Fsp3) is 0.478. The number of aromatic nitrogens is 2. The van der Waals surface area contributed by atoms with Crippen LogP contribution in [0.25, 0.3) is 0 Å². The Morgan fingerprint density at radius 3 is 2.32 bits per heavy atom. The zero-order chi connectivity index (χ0) is 25.0. The van der Waals surface area contributed by atoms with Crippen molar-refractivity contribution in [1.82, 2.24) is 9.97 Å². The third-order valence-electron chi connectivity index (χ3n) is 5.09. The van der Waals surface area contributed by atoms with Gasteiger partial charge in [0.15, 0.2) is 0 Å². The number of para-hydroxylation sites is 1. The normalized spacial score (nSPS) is 13.9. The van der Waals surface area contributed by atoms with E-state index in [9.17, 15) is 18.0 Å². The number of carboxylic acids is 1. The minimum absolute atomic E-state index is 0.0184. The molecule has 1 amide bonds. The van der Waals surface area contributed by atoms with Gasteiger partial charge in [0.05, 0.1) is 0 Å². The van der Waals surface area contributed by atoms with Gasteiger partial charge >= 0.3 is 12.1 Å². The Kier molecular flexibility index (Phi) is 10.6. The third-order valence-corrected chi connectivity index (χ3v) is 5.09. The summed E-state index contributed by atoms with van der Waals surface area (Å²) in [4.78, 5) is 29.9. The number of hydrogen-bond acceptors (Lipinski definition) is 6. The van der Waals surface area contributed by atoms with Crippen molar-refractivity contribution >= 4 is 29.3 Å². The van der Waals surface area contributed by atoms with Crippen LogP contribution in [0.3, 0.4) is 0 Å². The van der Waals surface area contributed by atoms with Gasteiger partial charge in [-0.2, -0.15) is 18.2 Å². The van der Waals surface area contributed by atoms with E-state index in [0.717, 1.165) is 29.7 Å². The quantitative estimate of drug-likeness (QED) is 0.426. The summed E-state index contributed by atoms with van der Waals surface area (Å²) in [6.45, 7) is 3.42. The molecule has 0 bridgehead atoms. The number of carbonyl (C=O) groups is 2. The largest absolute Gasteiger partial charge is 0.490 e. The highest BCUT2D eigenvalue weighted by atomic mass is 19.4. The van der Waals surface area contributed by atoms with Crippen LogP contribution in [0.5, 0.6) is 0 Å². The van der Waals surface area contributed by atoms with Gasteiger partial charge in [0.2, 0.25) is 11.9 Å². The third kappa shape index (κ3) is 10.5. The molecule has 8 nitrogen and oxygen atoms in total. The van der Waals surface area contributed by atoms with Crippen molar-refractivity contribution in [2.24, 2.45) is 5.92 Å². The molecule has 0 saturated heterocycles. The van der Waals surface area contributed by atoms with Crippen LogP contribution in [-0.4, -0.2) is 46.2 Å². The van der Waals surface area contributed by atoms with Crippen LogP contribution in [-0.2, 0) is 9.59 Å². The summed E-state index contributed by atoms with van der Waals surface area (Å²) in [5.74, 6) is -0.637. The van der Waals surface area contributed by atoms with Crippen LogP contribution >= 0.6 is 0 Å². The summed E-state index contributed by atoms with van der Waals surface area (Å²) >= 11 is 0. The minimum Gasteiger partial charge on any atom is -0.475 e. The van der Waals surface area contributed by atoms with Crippen molar-refractivity contribution in [2.45, 2.75) is 51.6 Å². The first-order valence-electron chi connectivity index (χ1n) is 11.1. The molecule has 1 heterocycles. The van der Waals surface area contributed by atoms with E-state index in [1.807, 2.05) is 43.3 Å². The lowest BCUT2D eigenvalue weighted by molar-refractivity contribution is -0.192. The standard InChI is InChI=1S/C21H29N5O.C2HF3O2/c1-16-14-19(22-13-12-20(27)25-18-10-6-3-7-11-18)26-21(24-16)23-15-17-8-4-2-5-9-17;3-2(4,5)1(6)7/h3,6-7,10-11,14,17H,2,4-5,8-9,12-13,15H2,1H3,(H,25,27)(H2,22,23,24,26);(H,6,7). The second-order valence-electron chi connectivity index (χ2n) is 8.00. The molecule has 1 aliphatic carbocycles. The zero-order valence-corrected chi connectivity index (χ0v) is 19.0. The molecule has 11 heteroatoms. The predicted molar refractivity (Wildman–Crippen MR) is 124 cm³/mol. The summed E-state index contributed by atoms with van der Waals surface area (Å²) in [5, 5.41) is 16.6. The molecular weight excluding hydrogens is 451 g/mol. The van der Waals surface area contributed by atoms with Gasteiger partial charge < -0.3 is 21.1 Å². The molecule has 1 aromatic heterocycles. The number of aryl methyl sites for hydroxylation is 1. The first kappa shape index (κ1) is 26.9. The van der Waals surface area contributed by atoms with Gasteiger partial charge in [-0.1, -0.05) is 37.5 Å². The summed E-state index contributed by atoms with van der Waals surface area (Å²) in [6, 6.07) is 11.4. The lowest BCUT2D eigenvalue weighted by atomic mass is 9.89. The Bertz CT molecular complexity index is 920. The first-order chi connectivity index (χ1) is 16.1. The fourth-order valence-corrected chi connectivity index (χ4v) is 3.41. The number of halogens is 3. The van der Waals surface area contributed by atoms with E-state index in [2.05, 4.69) is 25.9 Å². The van der Waals surface area contributed by atoms with Crippen LogP contribution in [0, 0.1) is 12.8 Å². The fourth-order valence-electron chi connectivity index (χ4n) is 3.41. The van der Waals surface area contributed by atoms with Crippen molar-refractivity contribution < 1.29 is 27.9 Å². The minimum atomic E-state index is -5.08. The molecule has 1 aromatic carbocycles. The molecule has 3 rings (SSSR count). The van der Waals surface area contributed by atoms with Crippen molar-refractivity contribution in [3.8, 4) is 0 Å². The molecule has 1 fully saturated rings. The Labute approximate surface area is 196 Å². The highest BCUT2D eigenvalue weighted by molar-refractivity contribution is 5.90. The number of benzene rings is 1. The second-order valence-corrected chi connectivity index (χ2v) is 8.00. The van der Waals surface area contributed by atoms with Crippen LogP contribution < -0.4 is 16.0 Å². The topological polar surface area (TPSA) is 116 Å². The molecule has 0 atom stereocenters. The zero-order valence-electron chi connectivity index (χ0n) is 19.0. The van der Waals surface area contributed by atoms with E-state index >= 15 is 0 Å². The monoisotopic (exact) mass is 481 g/mol. The summed E-state index contributed by atoms with van der Waals surface area (Å²) < 4.78 is 31.7. The van der Waals surface area contributed by atoms with Crippen molar-refractivity contribution in [1.29, 1.82) is 0 Å². The van der Waals surface area contributed by atoms with Crippen molar-refractivity contribution in [3.05, 3.63) is 42.1 Å². The number of carboxylic acid groups (broad SMARTS) is 1. The van der Waals surface area contributed by atoms with Crippen LogP contribution in [0.4, 0.5) is 30.6 Å². The Hall–Kier alpha value is -3.37. The number of alkyl halides is 3. The Balaban J connectivity index is 0.000000509. The smallest absolute Gasteiger partial charge is 0.475 e. The van der Waals surface area contributed by atoms with Gasteiger partial charge in [0.1, 0.15) is 5.82 Å². The lowest BCUT2D eigenvalue weighted by Crippen LogP contribution is -2.21. The highest BCUT2D eigenvalue weighted by Gasteiger charge is 2.38. The van der Waals surface area contributed by atoms with Gasteiger partial charge in [-0.3, -0.25) is 4.79 Å². The van der Waals surface area contributed by atoms with E-state index < -0.39 is 12.1 Å².